The highest BCUT2D eigenvalue weighted by Gasteiger charge is 2.19. The Balaban J connectivity index is 2.38. The molecule has 21 heavy (non-hydrogen) atoms. The number of aromatic carboxylic acids is 1. The predicted molar refractivity (Wildman–Crippen MR) is 77.1 cm³/mol. The van der Waals surface area contributed by atoms with Crippen molar-refractivity contribution in [2.24, 2.45) is 0 Å². The lowest BCUT2D eigenvalue weighted by molar-refractivity contribution is 0.0696. The zero-order valence-corrected chi connectivity index (χ0v) is 12.3. The fraction of sp³-hybridized carbons (Fsp3) is 0.133. The lowest BCUT2D eigenvalue weighted by Crippen LogP contribution is -2.11. The van der Waals surface area contributed by atoms with E-state index in [-0.39, 0.29) is 16.2 Å². The van der Waals surface area contributed by atoms with Crippen molar-refractivity contribution in [3.8, 4) is 5.75 Å². The molecule has 1 N–H and O–H groups in total. The van der Waals surface area contributed by atoms with Gasteiger partial charge in [0.1, 0.15) is 10.6 Å². The lowest BCUT2D eigenvalue weighted by Gasteiger charge is -2.09. The van der Waals surface area contributed by atoms with Crippen molar-refractivity contribution in [3.63, 3.8) is 0 Å². The van der Waals surface area contributed by atoms with Crippen molar-refractivity contribution in [3.05, 3.63) is 59.2 Å². The molecule has 0 aromatic heterocycles. The highest BCUT2D eigenvalue weighted by Crippen LogP contribution is 2.21. The Morgan fingerprint density at radius 2 is 1.67 bits per heavy atom. The van der Waals surface area contributed by atoms with E-state index in [4.69, 9.17) is 9.29 Å². The molecule has 0 saturated heterocycles. The summed E-state index contributed by atoms with van der Waals surface area (Å²) in [7, 11) is -4.06. The smallest absolute Gasteiger partial charge is 0.339 e. The molecule has 0 radical (unpaired) electrons. The third kappa shape index (κ3) is 3.41. The maximum Gasteiger partial charge on any atom is 0.339 e. The van der Waals surface area contributed by atoms with Crippen LogP contribution in [-0.2, 0) is 10.1 Å². The number of benzene rings is 2. The fourth-order valence-electron chi connectivity index (χ4n) is 1.76. The van der Waals surface area contributed by atoms with Gasteiger partial charge in [0.15, 0.2) is 0 Å². The molecule has 110 valence electrons. The van der Waals surface area contributed by atoms with E-state index >= 15 is 0 Å². The molecule has 6 heteroatoms. The maximum absolute atomic E-state index is 12.2. The molecule has 0 unspecified atom stereocenters. The molecule has 0 bridgehead atoms. The summed E-state index contributed by atoms with van der Waals surface area (Å²) in [5, 5.41) is 9.04. The number of rotatable bonds is 4. The van der Waals surface area contributed by atoms with Crippen molar-refractivity contribution in [1.29, 1.82) is 0 Å². The molecule has 0 spiro atoms. The lowest BCUT2D eigenvalue weighted by atomic mass is 10.1. The van der Waals surface area contributed by atoms with Crippen LogP contribution in [0, 0.1) is 13.8 Å². The summed E-state index contributed by atoms with van der Waals surface area (Å²) in [5.41, 5.74) is 1.39. The third-order valence-corrected chi connectivity index (χ3v) is 4.20. The Bertz CT molecular complexity index is 776. The van der Waals surface area contributed by atoms with Gasteiger partial charge in [-0.1, -0.05) is 23.8 Å². The highest BCUT2D eigenvalue weighted by molar-refractivity contribution is 7.87. The van der Waals surface area contributed by atoms with E-state index in [1.54, 1.807) is 31.2 Å². The molecule has 0 fully saturated rings. The Morgan fingerprint density at radius 3 is 2.24 bits per heavy atom. The van der Waals surface area contributed by atoms with Crippen LogP contribution in [0.3, 0.4) is 0 Å². The standard InChI is InChI=1S/C15H14O5S/c1-10-3-6-12(7-4-10)20-21(18,19)13-8-5-11(2)14(9-13)15(16)17/h3-9H,1-2H3,(H,16,17). The van der Waals surface area contributed by atoms with Crippen LogP contribution in [0.2, 0.25) is 0 Å². The molecule has 0 saturated carbocycles. The minimum Gasteiger partial charge on any atom is -0.478 e. The molecule has 5 nitrogen and oxygen atoms in total. The second-order valence-electron chi connectivity index (χ2n) is 4.63. The van der Waals surface area contributed by atoms with Gasteiger partial charge in [0.2, 0.25) is 0 Å². The first-order valence-corrected chi connectivity index (χ1v) is 7.55. The van der Waals surface area contributed by atoms with E-state index in [1.807, 2.05) is 6.92 Å². The Hall–Kier alpha value is -2.34. The average molecular weight is 306 g/mol. The van der Waals surface area contributed by atoms with E-state index in [0.717, 1.165) is 11.6 Å². The topological polar surface area (TPSA) is 80.7 Å². The average Bonchev–Trinajstić information content (AvgIpc) is 2.41. The van der Waals surface area contributed by atoms with Gasteiger partial charge >= 0.3 is 16.1 Å². The van der Waals surface area contributed by atoms with Crippen molar-refractivity contribution in [2.75, 3.05) is 0 Å². The van der Waals surface area contributed by atoms with Gasteiger partial charge < -0.3 is 9.29 Å². The summed E-state index contributed by atoms with van der Waals surface area (Å²) in [5.74, 6) is -1.00. The number of carboxylic acids is 1. The van der Waals surface area contributed by atoms with E-state index in [9.17, 15) is 13.2 Å². The molecule has 0 aliphatic heterocycles. The normalized spacial score (nSPS) is 11.1. The summed E-state index contributed by atoms with van der Waals surface area (Å²) in [6, 6.07) is 10.4. The van der Waals surface area contributed by atoms with Gasteiger partial charge in [-0.05, 0) is 43.7 Å². The first-order chi connectivity index (χ1) is 9.79. The third-order valence-electron chi connectivity index (χ3n) is 2.96. The Morgan fingerprint density at radius 1 is 1.05 bits per heavy atom. The van der Waals surface area contributed by atoms with Crippen molar-refractivity contribution in [2.45, 2.75) is 18.7 Å². The van der Waals surface area contributed by atoms with Crippen molar-refractivity contribution >= 4 is 16.1 Å². The van der Waals surface area contributed by atoms with Gasteiger partial charge in [0, 0.05) is 0 Å². The van der Waals surface area contributed by atoms with Crippen LogP contribution in [0.15, 0.2) is 47.4 Å². The van der Waals surface area contributed by atoms with Crippen LogP contribution >= 0.6 is 0 Å². The van der Waals surface area contributed by atoms with Crippen LogP contribution < -0.4 is 4.18 Å². The molecule has 2 rings (SSSR count). The number of hydrogen-bond acceptors (Lipinski definition) is 4. The van der Waals surface area contributed by atoms with Crippen LogP contribution in [0.1, 0.15) is 21.5 Å². The minimum absolute atomic E-state index is 0.0661. The van der Waals surface area contributed by atoms with E-state index in [2.05, 4.69) is 0 Å². The largest absolute Gasteiger partial charge is 0.478 e. The highest BCUT2D eigenvalue weighted by atomic mass is 32.2. The van der Waals surface area contributed by atoms with Crippen LogP contribution in [0.4, 0.5) is 0 Å². The summed E-state index contributed by atoms with van der Waals surface area (Å²) >= 11 is 0. The first kappa shape index (κ1) is 15.1. The predicted octanol–water partition coefficient (Wildman–Crippen LogP) is 2.77. The summed E-state index contributed by atoms with van der Waals surface area (Å²) < 4.78 is 29.3. The molecule has 0 aliphatic rings. The molecule has 0 aliphatic carbocycles. The van der Waals surface area contributed by atoms with Gasteiger partial charge in [-0.3, -0.25) is 0 Å². The maximum atomic E-state index is 12.2. The van der Waals surface area contributed by atoms with E-state index < -0.39 is 16.1 Å². The molecule has 2 aromatic carbocycles. The van der Waals surface area contributed by atoms with Gasteiger partial charge in [0.25, 0.3) is 0 Å². The molecule has 2 aromatic rings. The molecular formula is C15H14O5S. The van der Waals surface area contributed by atoms with Crippen LogP contribution in [-0.4, -0.2) is 19.5 Å². The first-order valence-electron chi connectivity index (χ1n) is 6.15. The van der Waals surface area contributed by atoms with Gasteiger partial charge in [0.05, 0.1) is 5.56 Å². The van der Waals surface area contributed by atoms with Crippen molar-refractivity contribution < 1.29 is 22.5 Å². The Kier molecular flexibility index (Phi) is 3.99. The summed E-state index contributed by atoms with van der Waals surface area (Å²) in [6.45, 7) is 3.47. The monoisotopic (exact) mass is 306 g/mol. The Labute approximate surface area is 122 Å². The number of aryl methyl sites for hydroxylation is 2. The minimum atomic E-state index is -4.06. The summed E-state index contributed by atoms with van der Waals surface area (Å²) in [6.07, 6.45) is 0. The zero-order valence-electron chi connectivity index (χ0n) is 11.5. The van der Waals surface area contributed by atoms with E-state index in [0.29, 0.717) is 5.56 Å². The zero-order chi connectivity index (χ0) is 15.6. The number of carbonyl (C=O) groups is 1. The number of hydrogen-bond donors (Lipinski definition) is 1. The van der Waals surface area contributed by atoms with Crippen LogP contribution in [0.25, 0.3) is 0 Å². The van der Waals surface area contributed by atoms with Gasteiger partial charge in [-0.25, -0.2) is 4.79 Å². The van der Waals surface area contributed by atoms with Crippen LogP contribution in [0.5, 0.6) is 5.75 Å². The summed E-state index contributed by atoms with van der Waals surface area (Å²) in [4.78, 5) is 10.9. The van der Waals surface area contributed by atoms with Crippen molar-refractivity contribution in [1.82, 2.24) is 0 Å². The second-order valence-corrected chi connectivity index (χ2v) is 6.18. The molecule has 0 heterocycles. The quantitative estimate of drug-likeness (QED) is 0.878. The van der Waals surface area contributed by atoms with E-state index in [1.165, 1.54) is 12.1 Å². The second kappa shape index (κ2) is 5.57. The van der Waals surface area contributed by atoms with Gasteiger partial charge in [-0.15, -0.1) is 0 Å². The molecule has 0 amide bonds. The van der Waals surface area contributed by atoms with Gasteiger partial charge in [-0.2, -0.15) is 8.42 Å². The SMILES string of the molecule is Cc1ccc(OS(=O)(=O)c2ccc(C)c(C(=O)O)c2)cc1. The molecular weight excluding hydrogens is 292 g/mol. The number of carboxylic acid groups (broad SMARTS) is 1. The fourth-order valence-corrected chi connectivity index (χ4v) is 2.71. The molecule has 0 atom stereocenters.